The number of carbonyl (C=O) groups is 1. The topological polar surface area (TPSA) is 59.4 Å². The van der Waals surface area contributed by atoms with Gasteiger partial charge in [0, 0.05) is 36.6 Å². The summed E-state index contributed by atoms with van der Waals surface area (Å²) in [6.45, 7) is 3.51. The Kier molecular flexibility index (Phi) is 6.26. The van der Waals surface area contributed by atoms with Crippen LogP contribution in [0.1, 0.15) is 16.1 Å². The zero-order valence-corrected chi connectivity index (χ0v) is 16.6. The summed E-state index contributed by atoms with van der Waals surface area (Å²) in [5.74, 6) is 1.46. The standard InChI is InChI=1S/C20H24N4O2S/c1-15-11-19(23(2)22-15)21-20(25)14-24(13-17-8-6-10-27-17)12-16-7-4-5-9-18(16)26-3/h4-11H,12-14H2,1-3H3,(H,21,25). The van der Waals surface area contributed by atoms with Gasteiger partial charge in [-0.15, -0.1) is 11.3 Å². The average molecular weight is 385 g/mol. The number of carbonyl (C=O) groups excluding carboxylic acids is 1. The van der Waals surface area contributed by atoms with Gasteiger partial charge in [0.25, 0.3) is 0 Å². The first kappa shape index (κ1) is 19.1. The molecular weight excluding hydrogens is 360 g/mol. The van der Waals surface area contributed by atoms with E-state index >= 15 is 0 Å². The molecule has 0 fully saturated rings. The molecule has 0 spiro atoms. The Morgan fingerprint density at radius 2 is 2.07 bits per heavy atom. The molecule has 27 heavy (non-hydrogen) atoms. The lowest BCUT2D eigenvalue weighted by Crippen LogP contribution is -2.33. The van der Waals surface area contributed by atoms with Gasteiger partial charge < -0.3 is 10.1 Å². The number of thiophene rings is 1. The van der Waals surface area contributed by atoms with E-state index in [1.54, 1.807) is 23.1 Å². The molecule has 3 rings (SSSR count). The van der Waals surface area contributed by atoms with Gasteiger partial charge in [-0.25, -0.2) is 0 Å². The third kappa shape index (κ3) is 5.18. The zero-order chi connectivity index (χ0) is 19.2. The minimum atomic E-state index is -0.0653. The van der Waals surface area contributed by atoms with E-state index in [4.69, 9.17) is 4.74 Å². The zero-order valence-electron chi connectivity index (χ0n) is 15.8. The van der Waals surface area contributed by atoms with E-state index < -0.39 is 0 Å². The maximum atomic E-state index is 12.6. The van der Waals surface area contributed by atoms with Crippen LogP contribution in [0.25, 0.3) is 0 Å². The molecule has 1 aromatic carbocycles. The molecular formula is C20H24N4O2S. The molecule has 0 radical (unpaired) electrons. The molecule has 7 heteroatoms. The first-order chi connectivity index (χ1) is 13.0. The lowest BCUT2D eigenvalue weighted by molar-refractivity contribution is -0.117. The van der Waals surface area contributed by atoms with Crippen molar-refractivity contribution in [3.05, 3.63) is 64.0 Å². The maximum Gasteiger partial charge on any atom is 0.239 e. The normalized spacial score (nSPS) is 11.0. The van der Waals surface area contributed by atoms with Crippen molar-refractivity contribution in [1.29, 1.82) is 0 Å². The highest BCUT2D eigenvalue weighted by Gasteiger charge is 2.16. The third-order valence-electron chi connectivity index (χ3n) is 4.18. The number of aromatic nitrogens is 2. The second-order valence-corrected chi connectivity index (χ2v) is 7.41. The Labute approximate surface area is 163 Å². The van der Waals surface area contributed by atoms with Crippen molar-refractivity contribution in [1.82, 2.24) is 14.7 Å². The highest BCUT2D eigenvalue weighted by Crippen LogP contribution is 2.21. The van der Waals surface area contributed by atoms with Gasteiger partial charge >= 0.3 is 0 Å². The molecule has 2 heterocycles. The van der Waals surface area contributed by atoms with Crippen molar-refractivity contribution in [3.8, 4) is 5.75 Å². The maximum absolute atomic E-state index is 12.6. The number of benzene rings is 1. The Hall–Kier alpha value is -2.64. The van der Waals surface area contributed by atoms with Crippen molar-refractivity contribution < 1.29 is 9.53 Å². The van der Waals surface area contributed by atoms with E-state index in [-0.39, 0.29) is 12.5 Å². The molecule has 2 aromatic heterocycles. The number of aryl methyl sites for hydroxylation is 2. The van der Waals surface area contributed by atoms with Crippen LogP contribution in [0.5, 0.6) is 5.75 Å². The van der Waals surface area contributed by atoms with E-state index in [0.717, 1.165) is 17.0 Å². The summed E-state index contributed by atoms with van der Waals surface area (Å²) in [7, 11) is 3.49. The average Bonchev–Trinajstić information content (AvgIpc) is 3.25. The fourth-order valence-electron chi connectivity index (χ4n) is 2.98. The van der Waals surface area contributed by atoms with E-state index in [1.807, 2.05) is 50.4 Å². The molecule has 0 aliphatic rings. The van der Waals surface area contributed by atoms with Crippen molar-refractivity contribution in [2.24, 2.45) is 7.05 Å². The van der Waals surface area contributed by atoms with Gasteiger partial charge in [-0.1, -0.05) is 24.3 Å². The molecule has 1 N–H and O–H groups in total. The summed E-state index contributed by atoms with van der Waals surface area (Å²) >= 11 is 1.69. The van der Waals surface area contributed by atoms with E-state index in [9.17, 15) is 4.79 Å². The van der Waals surface area contributed by atoms with Crippen LogP contribution >= 0.6 is 11.3 Å². The van der Waals surface area contributed by atoms with E-state index in [2.05, 4.69) is 26.8 Å². The highest BCUT2D eigenvalue weighted by molar-refractivity contribution is 7.09. The van der Waals surface area contributed by atoms with Crippen LogP contribution in [-0.4, -0.2) is 34.2 Å². The van der Waals surface area contributed by atoms with Gasteiger partial charge in [0.2, 0.25) is 5.91 Å². The van der Waals surface area contributed by atoms with Gasteiger partial charge in [-0.2, -0.15) is 5.10 Å². The molecule has 0 atom stereocenters. The number of methoxy groups -OCH3 is 1. The fraction of sp³-hybridized carbons (Fsp3) is 0.300. The summed E-state index contributed by atoms with van der Waals surface area (Å²) in [5.41, 5.74) is 1.93. The van der Waals surface area contributed by atoms with E-state index in [1.165, 1.54) is 4.88 Å². The van der Waals surface area contributed by atoms with Crippen molar-refractivity contribution in [3.63, 3.8) is 0 Å². The lowest BCUT2D eigenvalue weighted by atomic mass is 10.2. The number of anilines is 1. The quantitative estimate of drug-likeness (QED) is 0.646. The summed E-state index contributed by atoms with van der Waals surface area (Å²) in [6, 6.07) is 13.9. The number of hydrogen-bond acceptors (Lipinski definition) is 5. The summed E-state index contributed by atoms with van der Waals surface area (Å²) in [4.78, 5) is 16.0. The predicted octanol–water partition coefficient (Wildman–Crippen LogP) is 3.44. The fourth-order valence-corrected chi connectivity index (χ4v) is 3.72. The molecule has 3 aromatic rings. The first-order valence-corrected chi connectivity index (χ1v) is 9.60. The molecule has 0 aliphatic carbocycles. The van der Waals surface area contributed by atoms with Crippen LogP contribution in [0, 0.1) is 6.92 Å². The SMILES string of the molecule is COc1ccccc1CN(CC(=O)Nc1cc(C)nn1C)Cc1cccs1. The number of para-hydroxylation sites is 1. The second kappa shape index (κ2) is 8.83. The molecule has 142 valence electrons. The van der Waals surface area contributed by atoms with Gasteiger partial charge in [0.15, 0.2) is 0 Å². The van der Waals surface area contributed by atoms with Gasteiger partial charge in [0.05, 0.1) is 19.3 Å². The minimum absolute atomic E-state index is 0.0653. The smallest absolute Gasteiger partial charge is 0.239 e. The molecule has 6 nitrogen and oxygen atoms in total. The number of nitrogens with one attached hydrogen (secondary N) is 1. The second-order valence-electron chi connectivity index (χ2n) is 6.38. The van der Waals surface area contributed by atoms with Crippen molar-refractivity contribution in [2.75, 3.05) is 19.0 Å². The Morgan fingerprint density at radius 1 is 1.26 bits per heavy atom. The molecule has 0 saturated carbocycles. The van der Waals surface area contributed by atoms with Crippen LogP contribution in [0.3, 0.4) is 0 Å². The van der Waals surface area contributed by atoms with Gasteiger partial charge in [-0.3, -0.25) is 14.4 Å². The lowest BCUT2D eigenvalue weighted by Gasteiger charge is -2.22. The summed E-state index contributed by atoms with van der Waals surface area (Å²) < 4.78 is 7.14. The Balaban J connectivity index is 1.73. The summed E-state index contributed by atoms with van der Waals surface area (Å²) in [6.07, 6.45) is 0. The van der Waals surface area contributed by atoms with Crippen LogP contribution in [0.15, 0.2) is 47.8 Å². The van der Waals surface area contributed by atoms with Crippen LogP contribution in [0.4, 0.5) is 5.82 Å². The molecule has 1 amide bonds. The molecule has 0 bridgehead atoms. The van der Waals surface area contributed by atoms with Crippen LogP contribution < -0.4 is 10.1 Å². The Morgan fingerprint density at radius 3 is 2.74 bits per heavy atom. The van der Waals surface area contributed by atoms with Crippen molar-refractivity contribution in [2.45, 2.75) is 20.0 Å². The van der Waals surface area contributed by atoms with E-state index in [0.29, 0.717) is 18.9 Å². The number of amides is 1. The molecule has 0 aliphatic heterocycles. The van der Waals surface area contributed by atoms with Crippen molar-refractivity contribution >= 4 is 23.1 Å². The van der Waals surface area contributed by atoms with Gasteiger partial charge in [-0.05, 0) is 24.4 Å². The number of hydrogen-bond donors (Lipinski definition) is 1. The Bertz CT molecular complexity index is 889. The largest absolute Gasteiger partial charge is 0.496 e. The third-order valence-corrected chi connectivity index (χ3v) is 5.04. The highest BCUT2D eigenvalue weighted by atomic mass is 32.1. The number of nitrogens with zero attached hydrogens (tertiary/aromatic N) is 3. The minimum Gasteiger partial charge on any atom is -0.496 e. The predicted molar refractivity (Wildman–Crippen MR) is 108 cm³/mol. The molecule has 0 unspecified atom stereocenters. The number of rotatable bonds is 8. The van der Waals surface area contributed by atoms with Gasteiger partial charge in [0.1, 0.15) is 11.6 Å². The summed E-state index contributed by atoms with van der Waals surface area (Å²) in [5, 5.41) is 9.27. The van der Waals surface area contributed by atoms with Crippen LogP contribution in [0.2, 0.25) is 0 Å². The molecule has 0 saturated heterocycles. The monoisotopic (exact) mass is 384 g/mol. The van der Waals surface area contributed by atoms with Crippen LogP contribution in [-0.2, 0) is 24.9 Å². The first-order valence-electron chi connectivity index (χ1n) is 8.72. The number of ether oxygens (including phenoxy) is 1.